The highest BCUT2D eigenvalue weighted by Gasteiger charge is 2.40. The van der Waals surface area contributed by atoms with Crippen molar-refractivity contribution in [3.63, 3.8) is 0 Å². The molecule has 2 aliphatic carbocycles. The third kappa shape index (κ3) is 12.5. The second-order valence-corrected chi connectivity index (χ2v) is 22.3. The molecule has 2 aliphatic heterocycles. The molecule has 2 heterocycles. The second kappa shape index (κ2) is 21.4. The Morgan fingerprint density at radius 2 is 1.38 bits per heavy atom. The summed E-state index contributed by atoms with van der Waals surface area (Å²) in [6.45, 7) is 9.63. The van der Waals surface area contributed by atoms with Crippen molar-refractivity contribution in [1.29, 1.82) is 0 Å². The lowest BCUT2D eigenvalue weighted by atomic mass is 9.80. The minimum atomic E-state index is -4.08. The monoisotopic (exact) mass is 977 g/mol. The number of aryl methyl sites for hydroxylation is 1. The Kier molecular flexibility index (Phi) is 15.8. The molecule has 13 nitrogen and oxygen atoms in total. The summed E-state index contributed by atoms with van der Waals surface area (Å²) in [5.74, 6) is -0.184. The molecule has 3 amide bonds. The molecule has 7 rings (SSSR count). The van der Waals surface area contributed by atoms with E-state index in [0.717, 1.165) is 80.3 Å². The zero-order chi connectivity index (χ0) is 49.6. The maximum Gasteiger partial charge on any atom is 0.264 e. The van der Waals surface area contributed by atoms with Gasteiger partial charge in [0.2, 0.25) is 5.91 Å². The van der Waals surface area contributed by atoms with Gasteiger partial charge < -0.3 is 15.0 Å². The first kappa shape index (κ1) is 51.0. The molecule has 0 spiro atoms. The van der Waals surface area contributed by atoms with Gasteiger partial charge in [-0.2, -0.15) is 16.8 Å². The number of hydrogen-bond acceptors (Lipinski definition) is 9. The topological polar surface area (TPSA) is 188 Å². The number of fused-ring (bicyclic) bond motifs is 2. The Morgan fingerprint density at radius 3 is 2.07 bits per heavy atom. The van der Waals surface area contributed by atoms with Gasteiger partial charge in [0, 0.05) is 60.4 Å². The van der Waals surface area contributed by atoms with E-state index in [4.69, 9.17) is 4.74 Å². The summed E-state index contributed by atoms with van der Waals surface area (Å²) in [5, 5.41) is 2.79. The summed E-state index contributed by atoms with van der Waals surface area (Å²) in [6.07, 6.45) is 16.6. The molecule has 3 aromatic rings. The van der Waals surface area contributed by atoms with Gasteiger partial charge in [0.05, 0.1) is 11.5 Å². The van der Waals surface area contributed by atoms with Crippen LogP contribution in [0.3, 0.4) is 0 Å². The lowest BCUT2D eigenvalue weighted by Gasteiger charge is -2.27. The van der Waals surface area contributed by atoms with Crippen LogP contribution < -0.4 is 15.0 Å². The number of unbranched alkanes of at least 4 members (excludes halogenated alkanes) is 2. The number of para-hydroxylation sites is 1. The minimum Gasteiger partial charge on any atom is -0.457 e. The average molecular weight is 978 g/mol. The average Bonchev–Trinajstić information content (AvgIpc) is 3.82. The number of rotatable bonds is 21. The fourth-order valence-corrected chi connectivity index (χ4v) is 11.1. The Labute approximate surface area is 406 Å². The van der Waals surface area contributed by atoms with Gasteiger partial charge in [-0.1, -0.05) is 101 Å². The standard InChI is InChI=1S/C54H63N3O10S2/c1-53(2)44-18-6-5-16-42(44)43(17-9-11-36-68(61,62)63)45(53)28-24-39-14-13-15-40(25-29-48-54(3,4)46-19-7-8-20-47(46)56(48)34-10-12-37-69(64,65)66)52(39)67-41-26-21-38(22-27-41)23-30-49(58)55-33-35-57-50(59)31-32-51(57)60/h5-8,16,18-22,24-29,31-32H,9-15,17,23,30,33-37H2,1-4H3,(H,55,58)(H,61,62,63)(H,64,65,66)/b28-24+,40-25+,48-29+. The molecule has 3 N–H and O–H groups in total. The maximum absolute atomic E-state index is 12.7. The fourth-order valence-electron chi connectivity index (χ4n) is 9.92. The van der Waals surface area contributed by atoms with Gasteiger partial charge >= 0.3 is 0 Å². The predicted molar refractivity (Wildman–Crippen MR) is 270 cm³/mol. The van der Waals surface area contributed by atoms with Crippen molar-refractivity contribution in [2.75, 3.05) is 36.0 Å². The number of ether oxygens (including phenoxy) is 1. The molecule has 0 unspecified atom stereocenters. The van der Waals surface area contributed by atoms with Crippen LogP contribution in [-0.2, 0) is 51.9 Å². The summed E-state index contributed by atoms with van der Waals surface area (Å²) in [6, 6.07) is 24.3. The van der Waals surface area contributed by atoms with Crippen LogP contribution in [0.2, 0.25) is 0 Å². The minimum absolute atomic E-state index is 0.107. The SMILES string of the molecule is CC1(C)C(/C=C/C2=C(Oc3ccc(CCC(=O)NCCN4C(=O)C=CC4=O)cc3)C(=C/C=C3/N(CCCCS(=O)(=O)O)c4ccccc4C3(C)C)/CCC2)=C(CCCCS(=O)(=O)O)c2ccccc21. The summed E-state index contributed by atoms with van der Waals surface area (Å²) in [7, 11) is -8.14. The third-order valence-corrected chi connectivity index (χ3v) is 15.2. The van der Waals surface area contributed by atoms with Crippen molar-refractivity contribution >= 4 is 49.2 Å². The number of carbonyl (C=O) groups is 3. The largest absolute Gasteiger partial charge is 0.457 e. The van der Waals surface area contributed by atoms with Crippen LogP contribution in [-0.4, -0.2) is 79.7 Å². The van der Waals surface area contributed by atoms with Crippen LogP contribution in [0.5, 0.6) is 5.75 Å². The molecule has 69 heavy (non-hydrogen) atoms. The highest BCUT2D eigenvalue weighted by atomic mass is 32.2. The molecule has 0 atom stereocenters. The Morgan fingerprint density at radius 1 is 0.725 bits per heavy atom. The van der Waals surface area contributed by atoms with E-state index in [1.54, 1.807) is 0 Å². The molecule has 15 heteroatoms. The number of imide groups is 1. The summed E-state index contributed by atoms with van der Waals surface area (Å²) in [4.78, 5) is 39.7. The lowest BCUT2D eigenvalue weighted by Crippen LogP contribution is -2.38. The number of anilines is 1. The highest BCUT2D eigenvalue weighted by molar-refractivity contribution is 7.86. The van der Waals surface area contributed by atoms with Crippen molar-refractivity contribution in [2.45, 2.75) is 103 Å². The highest BCUT2D eigenvalue weighted by Crippen LogP contribution is 2.50. The van der Waals surface area contributed by atoms with Crippen molar-refractivity contribution in [1.82, 2.24) is 10.2 Å². The van der Waals surface area contributed by atoms with E-state index in [9.17, 15) is 40.3 Å². The number of allylic oxidation sites excluding steroid dienone is 9. The first-order valence-corrected chi connectivity index (χ1v) is 27.0. The quantitative estimate of drug-likeness (QED) is 0.0525. The van der Waals surface area contributed by atoms with Gasteiger partial charge in [0.1, 0.15) is 11.5 Å². The first-order valence-electron chi connectivity index (χ1n) is 23.7. The van der Waals surface area contributed by atoms with E-state index < -0.39 is 20.2 Å². The molecule has 366 valence electrons. The number of carbonyl (C=O) groups excluding carboxylic acids is 3. The zero-order valence-electron chi connectivity index (χ0n) is 39.9. The molecule has 3 aromatic carbocycles. The van der Waals surface area contributed by atoms with E-state index in [0.29, 0.717) is 50.8 Å². The molecule has 0 bridgehead atoms. The smallest absolute Gasteiger partial charge is 0.264 e. The number of benzene rings is 3. The summed E-state index contributed by atoms with van der Waals surface area (Å²) < 4.78 is 72.0. The van der Waals surface area contributed by atoms with E-state index >= 15 is 0 Å². The summed E-state index contributed by atoms with van der Waals surface area (Å²) in [5.41, 5.74) is 10.2. The Hall–Kier alpha value is -5.87. The molecular weight excluding hydrogens is 915 g/mol. The van der Waals surface area contributed by atoms with Crippen LogP contribution in [0.4, 0.5) is 5.69 Å². The lowest BCUT2D eigenvalue weighted by molar-refractivity contribution is -0.137. The van der Waals surface area contributed by atoms with Crippen LogP contribution in [0.15, 0.2) is 137 Å². The molecule has 0 saturated heterocycles. The number of nitrogens with zero attached hydrogens (tertiary/aromatic N) is 2. The zero-order valence-corrected chi connectivity index (χ0v) is 41.5. The summed E-state index contributed by atoms with van der Waals surface area (Å²) >= 11 is 0. The normalized spacial score (nSPS) is 18.9. The van der Waals surface area contributed by atoms with Gasteiger partial charge in [-0.15, -0.1) is 0 Å². The molecule has 0 aromatic heterocycles. The number of nitrogens with one attached hydrogen (secondary N) is 1. The maximum atomic E-state index is 12.7. The first-order chi connectivity index (χ1) is 32.7. The van der Waals surface area contributed by atoms with Crippen molar-refractivity contribution in [3.05, 3.63) is 160 Å². The van der Waals surface area contributed by atoms with Crippen molar-refractivity contribution in [3.8, 4) is 5.75 Å². The van der Waals surface area contributed by atoms with Gasteiger partial charge in [-0.3, -0.25) is 28.4 Å². The molecule has 0 saturated carbocycles. The Bertz CT molecular complexity index is 2870. The van der Waals surface area contributed by atoms with Gasteiger partial charge in [0.15, 0.2) is 0 Å². The van der Waals surface area contributed by atoms with E-state index in [2.05, 4.69) is 86.5 Å². The van der Waals surface area contributed by atoms with E-state index in [-0.39, 0.29) is 59.6 Å². The predicted octanol–water partition coefficient (Wildman–Crippen LogP) is 9.11. The second-order valence-electron chi connectivity index (χ2n) is 19.1. The van der Waals surface area contributed by atoms with Crippen LogP contribution in [0.25, 0.3) is 5.57 Å². The van der Waals surface area contributed by atoms with Crippen molar-refractivity contribution < 1.29 is 45.1 Å². The van der Waals surface area contributed by atoms with Gasteiger partial charge in [-0.05, 0) is 127 Å². The van der Waals surface area contributed by atoms with Crippen LogP contribution in [0.1, 0.15) is 108 Å². The van der Waals surface area contributed by atoms with Gasteiger partial charge in [-0.25, -0.2) is 0 Å². The number of amides is 3. The molecule has 0 fully saturated rings. The molecule has 0 radical (unpaired) electrons. The van der Waals surface area contributed by atoms with Gasteiger partial charge in [0.25, 0.3) is 32.1 Å². The van der Waals surface area contributed by atoms with E-state index in [1.807, 2.05) is 48.5 Å². The molecular formula is C54H63N3O10S2. The molecule has 4 aliphatic rings. The van der Waals surface area contributed by atoms with E-state index in [1.165, 1.54) is 17.7 Å². The van der Waals surface area contributed by atoms with Crippen molar-refractivity contribution in [2.24, 2.45) is 0 Å². The van der Waals surface area contributed by atoms with Crippen LogP contribution >= 0.6 is 0 Å². The Balaban J connectivity index is 1.19. The fraction of sp³-hybridized carbons (Fsp3) is 0.389. The third-order valence-electron chi connectivity index (χ3n) is 13.5. The van der Waals surface area contributed by atoms with Crippen LogP contribution in [0, 0.1) is 0 Å². The number of hydrogen-bond donors (Lipinski definition) is 3.